The maximum absolute atomic E-state index is 10.6. The van der Waals surface area contributed by atoms with E-state index >= 15 is 0 Å². The molecule has 4 unspecified atom stereocenters. The van der Waals surface area contributed by atoms with Gasteiger partial charge in [0.05, 0.1) is 18.8 Å². The molecule has 0 spiro atoms. The van der Waals surface area contributed by atoms with Crippen molar-refractivity contribution in [3.8, 4) is 0 Å². The second kappa shape index (κ2) is 9.26. The Bertz CT molecular complexity index is 639. The van der Waals surface area contributed by atoms with Crippen molar-refractivity contribution in [3.05, 3.63) is 35.9 Å². The average molecular weight is 422 g/mol. The van der Waals surface area contributed by atoms with Gasteiger partial charge >= 0.3 is 0 Å². The van der Waals surface area contributed by atoms with E-state index in [0.717, 1.165) is 31.5 Å². The van der Waals surface area contributed by atoms with Crippen LogP contribution in [0, 0.1) is 22.7 Å². The van der Waals surface area contributed by atoms with Crippen molar-refractivity contribution in [1.29, 1.82) is 0 Å². The number of fused-ring (bicyclic) bond motifs is 2. The van der Waals surface area contributed by atoms with Gasteiger partial charge in [-0.2, -0.15) is 0 Å². The van der Waals surface area contributed by atoms with Gasteiger partial charge < -0.3 is 14.7 Å². The highest BCUT2D eigenvalue weighted by molar-refractivity contribution is 5.85. The molecule has 164 valence electrons. The largest absolute Gasteiger partial charge is 0.389 e. The fourth-order valence-electron chi connectivity index (χ4n) is 6.55. The van der Waals surface area contributed by atoms with Gasteiger partial charge in [0, 0.05) is 6.54 Å². The Morgan fingerprint density at radius 3 is 2.41 bits per heavy atom. The van der Waals surface area contributed by atoms with Gasteiger partial charge in [-0.05, 0) is 79.8 Å². The molecule has 29 heavy (non-hydrogen) atoms. The summed E-state index contributed by atoms with van der Waals surface area (Å²) >= 11 is 0. The number of aliphatic hydroxyl groups excluding tert-OH is 1. The van der Waals surface area contributed by atoms with E-state index in [-0.39, 0.29) is 23.9 Å². The van der Waals surface area contributed by atoms with Crippen molar-refractivity contribution in [2.45, 2.75) is 71.5 Å². The minimum absolute atomic E-state index is 0. The highest BCUT2D eigenvalue weighted by Crippen LogP contribution is 2.63. The molecule has 1 saturated heterocycles. The molecular formula is C25H40ClNO2. The Morgan fingerprint density at radius 1 is 1.10 bits per heavy atom. The van der Waals surface area contributed by atoms with Gasteiger partial charge in [-0.15, -0.1) is 12.4 Å². The summed E-state index contributed by atoms with van der Waals surface area (Å²) < 4.78 is 6.38. The first-order chi connectivity index (χ1) is 13.4. The van der Waals surface area contributed by atoms with Crippen LogP contribution >= 0.6 is 12.4 Å². The van der Waals surface area contributed by atoms with Crippen LogP contribution < -0.4 is 0 Å². The second-order valence-electron chi connectivity index (χ2n) is 10.7. The number of rotatable bonds is 7. The Morgan fingerprint density at radius 2 is 1.79 bits per heavy atom. The zero-order valence-corrected chi connectivity index (χ0v) is 19.3. The number of hydrogen-bond donors (Lipinski definition) is 1. The molecule has 1 aromatic rings. The zero-order valence-electron chi connectivity index (χ0n) is 18.5. The Kier molecular flexibility index (Phi) is 7.36. The lowest BCUT2D eigenvalue weighted by Crippen LogP contribution is -2.45. The predicted molar refractivity (Wildman–Crippen MR) is 122 cm³/mol. The third-order valence-corrected chi connectivity index (χ3v) is 8.14. The maximum Gasteiger partial charge on any atom is 0.0900 e. The molecular weight excluding hydrogens is 382 g/mol. The normalized spacial score (nSPS) is 32.8. The number of hydrogen-bond acceptors (Lipinski definition) is 3. The van der Waals surface area contributed by atoms with Crippen LogP contribution in [0.4, 0.5) is 0 Å². The molecule has 1 N–H and O–H groups in total. The minimum atomic E-state index is -0.371. The topological polar surface area (TPSA) is 32.7 Å². The first kappa shape index (κ1) is 23.1. The van der Waals surface area contributed by atoms with Gasteiger partial charge in [0.15, 0.2) is 0 Å². The smallest absolute Gasteiger partial charge is 0.0900 e. The highest BCUT2D eigenvalue weighted by Gasteiger charge is 2.60. The predicted octanol–water partition coefficient (Wildman–Crippen LogP) is 4.96. The van der Waals surface area contributed by atoms with Crippen LogP contribution in [0.15, 0.2) is 30.3 Å². The summed E-state index contributed by atoms with van der Waals surface area (Å²) in [5.74, 6) is 1.57. The third kappa shape index (κ3) is 5.01. The third-order valence-electron chi connectivity index (χ3n) is 8.14. The number of likely N-dealkylation sites (tertiary alicyclic amines) is 1. The molecule has 0 amide bonds. The summed E-state index contributed by atoms with van der Waals surface area (Å²) in [6, 6.07) is 10.8. The highest BCUT2D eigenvalue weighted by atomic mass is 35.5. The summed E-state index contributed by atoms with van der Waals surface area (Å²) in [4.78, 5) is 2.43. The van der Waals surface area contributed by atoms with Crippen molar-refractivity contribution in [1.82, 2.24) is 4.90 Å². The molecule has 4 rings (SSSR count). The number of aliphatic hydroxyl groups is 1. The number of β-amino-alcohol motifs (C(OH)–C–C–N with tert-alkyl or cyclic N) is 1. The SMILES string of the molecule is CC12CCC(C1)C(C)(C)C2OCC(O)CN1CCC(Cc2ccccc2)CC1.Cl. The van der Waals surface area contributed by atoms with Crippen molar-refractivity contribution >= 4 is 12.4 Å². The molecule has 2 aliphatic carbocycles. The van der Waals surface area contributed by atoms with Gasteiger partial charge in [-0.3, -0.25) is 0 Å². The number of nitrogens with zero attached hydrogens (tertiary/aromatic N) is 1. The number of benzene rings is 1. The average Bonchev–Trinajstić information content (AvgIpc) is 3.15. The van der Waals surface area contributed by atoms with Crippen molar-refractivity contribution in [2.24, 2.45) is 22.7 Å². The van der Waals surface area contributed by atoms with Gasteiger partial charge in [0.25, 0.3) is 0 Å². The quantitative estimate of drug-likeness (QED) is 0.675. The molecule has 4 atom stereocenters. The van der Waals surface area contributed by atoms with E-state index in [9.17, 15) is 5.11 Å². The lowest BCUT2D eigenvalue weighted by atomic mass is 9.70. The van der Waals surface area contributed by atoms with Crippen molar-refractivity contribution in [3.63, 3.8) is 0 Å². The van der Waals surface area contributed by atoms with Crippen LogP contribution in [0.3, 0.4) is 0 Å². The first-order valence-electron chi connectivity index (χ1n) is 11.4. The van der Waals surface area contributed by atoms with Gasteiger partial charge in [0.2, 0.25) is 0 Å². The molecule has 1 aromatic carbocycles. The molecule has 2 bridgehead atoms. The Balaban J connectivity index is 0.00000240. The Labute approximate surface area is 183 Å². The van der Waals surface area contributed by atoms with Crippen LogP contribution in [0.1, 0.15) is 58.4 Å². The Hall–Kier alpha value is -0.610. The second-order valence-corrected chi connectivity index (χ2v) is 10.7. The van der Waals surface area contributed by atoms with Crippen molar-refractivity contribution < 1.29 is 9.84 Å². The molecule has 0 radical (unpaired) electrons. The summed E-state index contributed by atoms with van der Waals surface area (Å²) in [7, 11) is 0. The van der Waals surface area contributed by atoms with Gasteiger partial charge in [0.1, 0.15) is 0 Å². The molecule has 0 aromatic heterocycles. The molecule has 4 heteroatoms. The van der Waals surface area contributed by atoms with E-state index in [1.807, 2.05) is 0 Å². The summed E-state index contributed by atoms with van der Waals surface area (Å²) in [6.45, 7) is 10.6. The van der Waals surface area contributed by atoms with Crippen LogP contribution in [0.25, 0.3) is 0 Å². The van der Waals surface area contributed by atoms with Crippen LogP contribution in [0.2, 0.25) is 0 Å². The fraction of sp³-hybridized carbons (Fsp3) is 0.760. The van der Waals surface area contributed by atoms with Gasteiger partial charge in [-0.1, -0.05) is 51.1 Å². The summed E-state index contributed by atoms with van der Waals surface area (Å²) in [6.07, 6.45) is 7.53. The van der Waals surface area contributed by atoms with Crippen molar-refractivity contribution in [2.75, 3.05) is 26.2 Å². The van der Waals surface area contributed by atoms with E-state index < -0.39 is 0 Å². The molecule has 1 aliphatic heterocycles. The van der Waals surface area contributed by atoms with Crippen LogP contribution in [0.5, 0.6) is 0 Å². The van der Waals surface area contributed by atoms with Crippen LogP contribution in [-0.4, -0.2) is 48.5 Å². The summed E-state index contributed by atoms with van der Waals surface area (Å²) in [5.41, 5.74) is 2.03. The lowest BCUT2D eigenvalue weighted by molar-refractivity contribution is -0.114. The number of halogens is 1. The fourth-order valence-corrected chi connectivity index (χ4v) is 6.55. The van der Waals surface area contributed by atoms with E-state index in [1.54, 1.807) is 0 Å². The van der Waals surface area contributed by atoms with Gasteiger partial charge in [-0.25, -0.2) is 0 Å². The van der Waals surface area contributed by atoms with E-state index in [2.05, 4.69) is 56.0 Å². The minimum Gasteiger partial charge on any atom is -0.389 e. The monoisotopic (exact) mass is 421 g/mol. The number of piperidine rings is 1. The molecule has 1 heterocycles. The van der Waals surface area contributed by atoms with Crippen LogP contribution in [-0.2, 0) is 11.2 Å². The molecule has 2 saturated carbocycles. The first-order valence-corrected chi connectivity index (χ1v) is 11.4. The van der Waals surface area contributed by atoms with E-state index in [4.69, 9.17) is 4.74 Å². The molecule has 3 fully saturated rings. The molecule has 3 nitrogen and oxygen atoms in total. The molecule has 3 aliphatic rings. The lowest BCUT2D eigenvalue weighted by Gasteiger charge is -2.43. The summed E-state index contributed by atoms with van der Waals surface area (Å²) in [5, 5.41) is 10.6. The maximum atomic E-state index is 10.6. The zero-order chi connectivity index (χ0) is 19.8. The van der Waals surface area contributed by atoms with E-state index in [1.165, 1.54) is 44.1 Å². The van der Waals surface area contributed by atoms with E-state index in [0.29, 0.717) is 18.1 Å². The number of ether oxygens (including phenoxy) is 1. The standard InChI is InChI=1S/C25H39NO2.ClH/c1-24(2)21-9-12-25(3,16-21)23(24)28-18-22(27)17-26-13-10-20(11-14-26)15-19-7-5-4-6-8-19;/h4-8,20-23,27H,9-18H2,1-3H3;1H.